The van der Waals surface area contributed by atoms with Crippen molar-refractivity contribution in [2.24, 2.45) is 7.05 Å². The van der Waals surface area contributed by atoms with Crippen LogP contribution in [0.3, 0.4) is 0 Å². The van der Waals surface area contributed by atoms with Gasteiger partial charge >= 0.3 is 5.97 Å². The van der Waals surface area contributed by atoms with Crippen molar-refractivity contribution in [3.05, 3.63) is 48.0 Å². The number of esters is 1. The van der Waals surface area contributed by atoms with Crippen LogP contribution in [0.1, 0.15) is 12.5 Å². The van der Waals surface area contributed by atoms with Crippen molar-refractivity contribution in [2.45, 2.75) is 13.8 Å². The van der Waals surface area contributed by atoms with Gasteiger partial charge in [-0.2, -0.15) is 4.57 Å². The molecule has 3 aromatic rings. The van der Waals surface area contributed by atoms with Gasteiger partial charge in [0.15, 0.2) is 0 Å². The number of carbonyl (C=O) groups excluding carboxylic acids is 1. The van der Waals surface area contributed by atoms with Crippen molar-refractivity contribution in [1.29, 1.82) is 0 Å². The molecule has 4 heteroatoms. The summed E-state index contributed by atoms with van der Waals surface area (Å²) in [5, 5.41) is 1.19. The monoisotopic (exact) mass is 298 g/mol. The Hall–Kier alpha value is -2.20. The van der Waals surface area contributed by atoms with E-state index < -0.39 is 0 Å². The minimum atomic E-state index is -0.300. The fourth-order valence-electron chi connectivity index (χ4n) is 2.35. The number of benzene rings is 2. The van der Waals surface area contributed by atoms with Gasteiger partial charge in [0.25, 0.3) is 5.01 Å². The predicted octanol–water partition coefficient (Wildman–Crippen LogP) is 3.63. The van der Waals surface area contributed by atoms with Crippen LogP contribution in [0.5, 0.6) is 5.75 Å². The lowest BCUT2D eigenvalue weighted by molar-refractivity contribution is -0.629. The van der Waals surface area contributed by atoms with Crippen molar-refractivity contribution in [2.75, 3.05) is 0 Å². The highest BCUT2D eigenvalue weighted by atomic mass is 32.1. The van der Waals surface area contributed by atoms with E-state index in [1.807, 2.05) is 24.3 Å². The first-order valence-corrected chi connectivity index (χ1v) is 7.54. The maximum absolute atomic E-state index is 10.9. The van der Waals surface area contributed by atoms with Crippen LogP contribution < -0.4 is 9.30 Å². The van der Waals surface area contributed by atoms with Crippen LogP contribution in [-0.4, -0.2) is 5.97 Å². The zero-order chi connectivity index (χ0) is 15.0. The standard InChI is InChI=1S/C17H16NO2S/c1-11-4-9-15-16(10-11)21-17(18(15)3)13-5-7-14(8-6-13)20-12(2)19/h4-10H,1-3H3/q+1. The van der Waals surface area contributed by atoms with Crippen molar-refractivity contribution in [1.82, 2.24) is 0 Å². The molecule has 1 aromatic heterocycles. The summed E-state index contributed by atoms with van der Waals surface area (Å²) in [6.07, 6.45) is 0. The summed E-state index contributed by atoms with van der Waals surface area (Å²) in [5.41, 5.74) is 3.61. The van der Waals surface area contributed by atoms with Crippen molar-refractivity contribution in [3.8, 4) is 16.3 Å². The zero-order valence-corrected chi connectivity index (χ0v) is 13.0. The lowest BCUT2D eigenvalue weighted by Crippen LogP contribution is -2.28. The summed E-state index contributed by atoms with van der Waals surface area (Å²) in [7, 11) is 2.07. The van der Waals surface area contributed by atoms with Crippen molar-refractivity contribution >= 4 is 27.5 Å². The van der Waals surface area contributed by atoms with E-state index in [0.29, 0.717) is 5.75 Å². The summed E-state index contributed by atoms with van der Waals surface area (Å²) in [6.45, 7) is 3.51. The number of rotatable bonds is 2. The Labute approximate surface area is 127 Å². The van der Waals surface area contributed by atoms with Gasteiger partial charge in [-0.25, -0.2) is 0 Å². The molecule has 3 rings (SSSR count). The number of thiazole rings is 1. The Kier molecular flexibility index (Phi) is 3.47. The van der Waals surface area contributed by atoms with Crippen LogP contribution in [0, 0.1) is 6.92 Å². The van der Waals surface area contributed by atoms with Gasteiger partial charge in [-0.15, -0.1) is 0 Å². The predicted molar refractivity (Wildman–Crippen MR) is 84.5 cm³/mol. The number of ether oxygens (including phenoxy) is 1. The highest BCUT2D eigenvalue weighted by Crippen LogP contribution is 2.29. The Balaban J connectivity index is 2.03. The van der Waals surface area contributed by atoms with Crippen LogP contribution in [0.4, 0.5) is 0 Å². The molecule has 0 aliphatic rings. The van der Waals surface area contributed by atoms with Crippen LogP contribution in [-0.2, 0) is 11.8 Å². The van der Waals surface area contributed by atoms with Crippen LogP contribution in [0.2, 0.25) is 0 Å². The van der Waals surface area contributed by atoms with Gasteiger partial charge in [-0.1, -0.05) is 17.4 Å². The van der Waals surface area contributed by atoms with Gasteiger partial charge in [0, 0.05) is 13.0 Å². The van der Waals surface area contributed by atoms with E-state index in [1.165, 1.54) is 27.7 Å². The maximum Gasteiger partial charge on any atom is 0.308 e. The quantitative estimate of drug-likeness (QED) is 0.411. The van der Waals surface area contributed by atoms with Gasteiger partial charge in [-0.05, 0) is 42.8 Å². The molecule has 0 amide bonds. The van der Waals surface area contributed by atoms with Gasteiger partial charge in [0.1, 0.15) is 17.5 Å². The summed E-state index contributed by atoms with van der Waals surface area (Å²) >= 11 is 1.77. The first-order chi connectivity index (χ1) is 10.0. The molecule has 1 heterocycles. The molecule has 0 unspecified atom stereocenters. The maximum atomic E-state index is 10.9. The number of carbonyl (C=O) groups is 1. The Morgan fingerprint density at radius 3 is 2.52 bits per heavy atom. The molecule has 0 saturated carbocycles. The zero-order valence-electron chi connectivity index (χ0n) is 12.2. The lowest BCUT2D eigenvalue weighted by atomic mass is 10.2. The molecular formula is C17H16NO2S+. The average Bonchev–Trinajstić information content (AvgIpc) is 2.75. The summed E-state index contributed by atoms with van der Waals surface area (Å²) in [4.78, 5) is 10.9. The molecule has 0 radical (unpaired) electrons. The molecule has 21 heavy (non-hydrogen) atoms. The second kappa shape index (κ2) is 5.30. The minimum absolute atomic E-state index is 0.300. The molecule has 3 nitrogen and oxygen atoms in total. The normalized spacial score (nSPS) is 10.8. The highest BCUT2D eigenvalue weighted by Gasteiger charge is 2.18. The van der Waals surface area contributed by atoms with Gasteiger partial charge < -0.3 is 4.74 Å². The molecule has 0 saturated heterocycles. The first kappa shape index (κ1) is 13.8. The number of nitrogens with zero attached hydrogens (tertiary/aromatic N) is 1. The van der Waals surface area contributed by atoms with E-state index in [0.717, 1.165) is 5.56 Å². The molecule has 0 aliphatic heterocycles. The second-order valence-corrected chi connectivity index (χ2v) is 6.09. The molecule has 0 fully saturated rings. The third-order valence-corrected chi connectivity index (χ3v) is 4.60. The molecule has 2 aromatic carbocycles. The fourth-order valence-corrected chi connectivity index (χ4v) is 3.60. The molecule has 0 bridgehead atoms. The van der Waals surface area contributed by atoms with Gasteiger partial charge in [0.2, 0.25) is 5.52 Å². The third-order valence-electron chi connectivity index (χ3n) is 3.35. The van der Waals surface area contributed by atoms with Gasteiger partial charge in [0.05, 0.1) is 5.56 Å². The number of aromatic nitrogens is 1. The molecule has 0 aliphatic carbocycles. The molecule has 0 N–H and O–H groups in total. The van der Waals surface area contributed by atoms with E-state index in [9.17, 15) is 4.79 Å². The van der Waals surface area contributed by atoms with Crippen LogP contribution >= 0.6 is 11.3 Å². The Morgan fingerprint density at radius 2 is 1.86 bits per heavy atom. The Bertz CT molecular complexity index is 819. The Morgan fingerprint density at radius 1 is 1.14 bits per heavy atom. The molecule has 106 valence electrons. The van der Waals surface area contributed by atoms with Crippen molar-refractivity contribution < 1.29 is 14.1 Å². The van der Waals surface area contributed by atoms with Crippen molar-refractivity contribution in [3.63, 3.8) is 0 Å². The van der Waals surface area contributed by atoms with Crippen LogP contribution in [0.15, 0.2) is 42.5 Å². The van der Waals surface area contributed by atoms with Gasteiger partial charge in [-0.3, -0.25) is 4.79 Å². The highest BCUT2D eigenvalue weighted by molar-refractivity contribution is 7.21. The fraction of sp³-hybridized carbons (Fsp3) is 0.176. The molecule has 0 spiro atoms. The largest absolute Gasteiger partial charge is 0.427 e. The van der Waals surface area contributed by atoms with E-state index in [2.05, 4.69) is 36.7 Å². The van der Waals surface area contributed by atoms with E-state index in [1.54, 1.807) is 11.3 Å². The molecule has 0 atom stereocenters. The summed E-state index contributed by atoms with van der Waals surface area (Å²) < 4.78 is 8.54. The molecular weight excluding hydrogens is 282 g/mol. The van der Waals surface area contributed by atoms with Crippen LogP contribution in [0.25, 0.3) is 20.8 Å². The lowest BCUT2D eigenvalue weighted by Gasteiger charge is -2.01. The topological polar surface area (TPSA) is 30.2 Å². The number of aryl methyl sites for hydroxylation is 2. The minimum Gasteiger partial charge on any atom is -0.427 e. The van der Waals surface area contributed by atoms with E-state index in [4.69, 9.17) is 4.74 Å². The summed E-state index contributed by atoms with van der Waals surface area (Å²) in [6, 6.07) is 14.1. The number of fused-ring (bicyclic) bond motifs is 1. The van der Waals surface area contributed by atoms with E-state index >= 15 is 0 Å². The number of hydrogen-bond acceptors (Lipinski definition) is 3. The van der Waals surface area contributed by atoms with E-state index in [-0.39, 0.29) is 5.97 Å². The third kappa shape index (κ3) is 2.67. The number of hydrogen-bond donors (Lipinski definition) is 0. The first-order valence-electron chi connectivity index (χ1n) is 6.72. The second-order valence-electron chi connectivity index (χ2n) is 5.06. The SMILES string of the molecule is CC(=O)Oc1ccc(-c2sc3cc(C)ccc3[n+]2C)cc1. The smallest absolute Gasteiger partial charge is 0.308 e. The summed E-state index contributed by atoms with van der Waals surface area (Å²) in [5.74, 6) is 0.275. The average molecular weight is 298 g/mol.